The van der Waals surface area contributed by atoms with Crippen LogP contribution in [-0.4, -0.2) is 54.9 Å². The maximum atomic E-state index is 15.6. The highest BCUT2D eigenvalue weighted by Gasteiger charge is 2.60. The van der Waals surface area contributed by atoms with E-state index in [-0.39, 0.29) is 39.4 Å². The van der Waals surface area contributed by atoms with Crippen LogP contribution in [0.1, 0.15) is 91.7 Å². The molecule has 5 aromatic carbocycles. The molecule has 4 nitrogen and oxygen atoms in total. The highest BCUT2D eigenvalue weighted by Crippen LogP contribution is 2.49. The van der Waals surface area contributed by atoms with Crippen molar-refractivity contribution in [1.82, 2.24) is 4.48 Å². The molecule has 7 rings (SSSR count). The maximum absolute atomic E-state index is 15.6. The zero-order valence-corrected chi connectivity index (χ0v) is 39.2. The van der Waals surface area contributed by atoms with Crippen LogP contribution < -0.4 is 0 Å². The number of alkyl halides is 13. The predicted octanol–water partition coefficient (Wildman–Crippen LogP) is 15.8. The largest absolute Gasteiger partial charge is 0.598 e. The standard InChI is InChI=1S/C53H46BF13N2O2/c1-31-16-18-34(19-17-31)44-37-12-8-9-13-38(37)45(68-44)43(39-14-10-11-15-41(39)51(59,60)61)46-40(32-20-24-35(25-21-32)47(2,3)4)28-42(33-22-26-36(27-23-33)48(5,6)7)69(46)54(70-29-49(55,56)52(62,63)64)71-30-50(57,58)53(65,66)67/h8-28H,29-30H2,1-7H3/b45-43-. The topological polar surface area (TPSA) is 35.8 Å². The van der Waals surface area contributed by atoms with Crippen LogP contribution in [0, 0.1) is 6.92 Å². The molecular formula is C53H46BF13N2O2. The van der Waals surface area contributed by atoms with Gasteiger partial charge in [-0.25, -0.2) is 4.99 Å². The van der Waals surface area contributed by atoms with Crippen molar-refractivity contribution in [2.75, 3.05) is 13.2 Å². The second-order valence-electron chi connectivity index (χ2n) is 19.3. The lowest BCUT2D eigenvalue weighted by Gasteiger charge is -2.28. The average molecular weight is 1000 g/mol. The molecule has 1 aromatic heterocycles. The zero-order chi connectivity index (χ0) is 52.3. The molecule has 374 valence electrons. The van der Waals surface area contributed by atoms with Crippen LogP contribution in [0.3, 0.4) is 0 Å². The van der Waals surface area contributed by atoms with E-state index in [1.807, 2.05) is 48.5 Å². The number of hydrogen-bond donors (Lipinski definition) is 0. The fourth-order valence-electron chi connectivity index (χ4n) is 8.01. The molecule has 0 atom stereocenters. The summed E-state index contributed by atoms with van der Waals surface area (Å²) in [4.78, 5) is 4.97. The molecular weight excluding hydrogens is 954 g/mol. The van der Waals surface area contributed by atoms with Crippen molar-refractivity contribution in [1.29, 1.82) is 0 Å². The second kappa shape index (κ2) is 18.8. The number of halogens is 13. The molecule has 18 heteroatoms. The molecule has 0 radical (unpaired) electrons. The lowest BCUT2D eigenvalue weighted by Crippen LogP contribution is -2.48. The van der Waals surface area contributed by atoms with Gasteiger partial charge in [-0.2, -0.15) is 57.1 Å². The van der Waals surface area contributed by atoms with Crippen molar-refractivity contribution in [3.63, 3.8) is 0 Å². The fourth-order valence-corrected chi connectivity index (χ4v) is 8.01. The van der Waals surface area contributed by atoms with E-state index in [1.165, 1.54) is 30.3 Å². The van der Waals surface area contributed by atoms with Gasteiger partial charge in [0.15, 0.2) is 0 Å². The Bertz CT molecular complexity index is 2920. The Morgan fingerprint density at radius 3 is 1.45 bits per heavy atom. The van der Waals surface area contributed by atoms with E-state index in [0.29, 0.717) is 21.2 Å². The molecule has 1 aliphatic heterocycles. The number of benzene rings is 5. The summed E-state index contributed by atoms with van der Waals surface area (Å²) in [6.45, 7) is 7.71. The van der Waals surface area contributed by atoms with E-state index in [1.54, 1.807) is 78.9 Å². The average Bonchev–Trinajstić information content (AvgIpc) is 3.85. The van der Waals surface area contributed by atoms with Gasteiger partial charge < -0.3 is 13.8 Å². The third-order valence-electron chi connectivity index (χ3n) is 12.0. The molecule has 0 saturated carbocycles. The van der Waals surface area contributed by atoms with Gasteiger partial charge in [0.25, 0.3) is 0 Å². The fraction of sp³-hybridized carbons (Fsp3) is 0.302. The van der Waals surface area contributed by atoms with Gasteiger partial charge in [0, 0.05) is 33.5 Å². The number of nitrogens with zero attached hydrogens (tertiary/aromatic N) is 2. The first-order valence-corrected chi connectivity index (χ1v) is 22.1. The quantitative estimate of drug-likeness (QED) is 0.0905. The number of fused-ring (bicyclic) bond motifs is 1. The Morgan fingerprint density at radius 2 is 0.972 bits per heavy atom. The van der Waals surface area contributed by atoms with Crippen molar-refractivity contribution in [2.24, 2.45) is 4.99 Å². The van der Waals surface area contributed by atoms with Crippen LogP contribution in [-0.2, 0) is 26.3 Å². The minimum atomic E-state index is -6.34. The molecule has 1 aliphatic rings. The van der Waals surface area contributed by atoms with Crippen molar-refractivity contribution in [3.8, 4) is 22.4 Å². The molecule has 0 unspecified atom stereocenters. The van der Waals surface area contributed by atoms with Gasteiger partial charge in [-0.15, -0.1) is 0 Å². The molecule has 0 spiro atoms. The van der Waals surface area contributed by atoms with Crippen LogP contribution in [0.4, 0.5) is 57.1 Å². The molecule has 2 heterocycles. The Morgan fingerprint density at radius 1 is 0.521 bits per heavy atom. The second-order valence-corrected chi connectivity index (χ2v) is 19.3. The lowest BCUT2D eigenvalue weighted by atomic mass is 9.85. The normalized spacial score (nSPS) is 14.7. The third kappa shape index (κ3) is 10.9. The smallest absolute Gasteiger partial charge is 0.385 e. The molecule has 0 amide bonds. The van der Waals surface area contributed by atoms with Crippen LogP contribution in [0.15, 0.2) is 132 Å². The first kappa shape index (κ1) is 52.7. The summed E-state index contributed by atoms with van der Waals surface area (Å²) >= 11 is 0. The van der Waals surface area contributed by atoms with Crippen LogP contribution in [0.25, 0.3) is 33.7 Å². The third-order valence-corrected chi connectivity index (χ3v) is 12.0. The van der Waals surface area contributed by atoms with E-state index in [9.17, 15) is 26.3 Å². The Kier molecular flexibility index (Phi) is 14.0. The number of rotatable bonds is 12. The van der Waals surface area contributed by atoms with Crippen LogP contribution in [0.5, 0.6) is 0 Å². The van der Waals surface area contributed by atoms with E-state index in [0.717, 1.165) is 29.3 Å². The number of aromatic nitrogens is 1. The van der Waals surface area contributed by atoms with Gasteiger partial charge in [-0.1, -0.05) is 162 Å². The van der Waals surface area contributed by atoms with E-state index >= 15 is 30.7 Å². The molecule has 6 aromatic rings. The van der Waals surface area contributed by atoms with Crippen molar-refractivity contribution < 1.29 is 66.4 Å². The SMILES string of the molecule is Cc1ccc(C2=N/C(=C(/c3ccccc3C(F)(F)F)c3c(-c4ccc(C(C)(C)C)cc4)cc(-c4ccc(C(C)(C)C)cc4)n3B(OCC(F)(F)C(F)(F)F)OCC(F)(F)C(F)(F)F)c3ccccc32)cc1. The summed E-state index contributed by atoms with van der Waals surface area (Å²) in [6, 6.07) is 31.3. The summed E-state index contributed by atoms with van der Waals surface area (Å²) < 4.78 is 201. The summed E-state index contributed by atoms with van der Waals surface area (Å²) in [6.07, 6.45) is -17.9. The predicted molar refractivity (Wildman–Crippen MR) is 248 cm³/mol. The van der Waals surface area contributed by atoms with Gasteiger partial charge in [-0.05, 0) is 57.7 Å². The van der Waals surface area contributed by atoms with Gasteiger partial charge in [0.2, 0.25) is 0 Å². The van der Waals surface area contributed by atoms with Crippen LogP contribution >= 0.6 is 0 Å². The van der Waals surface area contributed by atoms with Crippen molar-refractivity contribution >= 4 is 24.2 Å². The summed E-state index contributed by atoms with van der Waals surface area (Å²) in [7, 11) is -3.07. The monoisotopic (exact) mass is 1000 g/mol. The summed E-state index contributed by atoms with van der Waals surface area (Å²) in [5, 5.41) is 0. The summed E-state index contributed by atoms with van der Waals surface area (Å²) in [5.41, 5.74) is -0.781. The molecule has 71 heavy (non-hydrogen) atoms. The Balaban J connectivity index is 1.72. The first-order chi connectivity index (χ1) is 32.8. The summed E-state index contributed by atoms with van der Waals surface area (Å²) in [5.74, 6) is -11.5. The highest BCUT2D eigenvalue weighted by atomic mass is 19.4. The minimum Gasteiger partial charge on any atom is -0.385 e. The number of hydrogen-bond acceptors (Lipinski definition) is 3. The molecule has 0 saturated heterocycles. The highest BCUT2D eigenvalue weighted by molar-refractivity contribution is 6.44. The minimum absolute atomic E-state index is 0.0447. The van der Waals surface area contributed by atoms with E-state index in [4.69, 9.17) is 14.3 Å². The molecule has 0 bridgehead atoms. The van der Waals surface area contributed by atoms with Gasteiger partial charge in [-0.3, -0.25) is 0 Å². The van der Waals surface area contributed by atoms with E-state index < -0.39 is 84.1 Å². The zero-order valence-electron chi connectivity index (χ0n) is 39.2. The molecule has 0 aliphatic carbocycles. The first-order valence-electron chi connectivity index (χ1n) is 22.1. The van der Waals surface area contributed by atoms with Gasteiger partial charge in [0.1, 0.15) is 13.2 Å². The Labute approximate surface area is 402 Å². The Hall–Kier alpha value is -6.14. The van der Waals surface area contributed by atoms with Gasteiger partial charge >= 0.3 is 37.6 Å². The van der Waals surface area contributed by atoms with Crippen molar-refractivity contribution in [2.45, 2.75) is 89.7 Å². The van der Waals surface area contributed by atoms with E-state index in [2.05, 4.69) is 0 Å². The van der Waals surface area contributed by atoms with Crippen LogP contribution in [0.2, 0.25) is 0 Å². The molecule has 0 N–H and O–H groups in total. The maximum Gasteiger partial charge on any atom is 0.598 e. The van der Waals surface area contributed by atoms with Crippen molar-refractivity contribution in [3.05, 3.63) is 178 Å². The van der Waals surface area contributed by atoms with Gasteiger partial charge in [0.05, 0.1) is 22.7 Å². The number of aliphatic imine (C=N–C) groups is 1. The number of aryl methyl sites for hydroxylation is 1. The molecule has 0 fully saturated rings. The lowest BCUT2D eigenvalue weighted by molar-refractivity contribution is -0.295.